The number of carbonyl (C=O) groups is 2. The van der Waals surface area contributed by atoms with Crippen molar-refractivity contribution in [3.63, 3.8) is 0 Å². The number of halogens is 1. The van der Waals surface area contributed by atoms with Crippen molar-refractivity contribution in [2.75, 3.05) is 30.5 Å². The van der Waals surface area contributed by atoms with Gasteiger partial charge >= 0.3 is 6.09 Å². The Kier molecular flexibility index (Phi) is 8.58. The van der Waals surface area contributed by atoms with Crippen molar-refractivity contribution < 1.29 is 27.7 Å². The number of carbonyl (C=O) groups excluding carboxylic acids is 2. The van der Waals surface area contributed by atoms with Gasteiger partial charge in [0.1, 0.15) is 30.2 Å². The van der Waals surface area contributed by atoms with Crippen LogP contribution in [0, 0.1) is 23.6 Å². The largest absolute Gasteiger partial charge is 0.487 e. The van der Waals surface area contributed by atoms with Gasteiger partial charge in [-0.2, -0.15) is 0 Å². The first kappa shape index (κ1) is 27.0. The molecule has 8 nitrogen and oxygen atoms in total. The van der Waals surface area contributed by atoms with Crippen molar-refractivity contribution in [3.05, 3.63) is 60.5 Å². The van der Waals surface area contributed by atoms with Gasteiger partial charge in [-0.15, -0.1) is 0 Å². The molecule has 0 aromatic heterocycles. The molecule has 1 N–H and O–H groups in total. The first-order valence-electron chi connectivity index (χ1n) is 11.4. The molecular formula is C26H30FN3O5S. The van der Waals surface area contributed by atoms with Crippen LogP contribution in [-0.2, 0) is 20.7 Å². The number of nitrogens with zero attached hydrogens (tertiary/aromatic N) is 2. The van der Waals surface area contributed by atoms with Crippen molar-refractivity contribution in [1.82, 2.24) is 9.62 Å². The molecule has 2 amide bonds. The third-order valence-corrected chi connectivity index (χ3v) is 6.37. The molecule has 0 spiro atoms. The lowest BCUT2D eigenvalue weighted by molar-refractivity contribution is -0.117. The van der Waals surface area contributed by atoms with Crippen LogP contribution in [-0.4, -0.2) is 53.0 Å². The summed E-state index contributed by atoms with van der Waals surface area (Å²) in [6.07, 6.45) is 5.09. The summed E-state index contributed by atoms with van der Waals surface area (Å²) in [5.41, 5.74) is 0.0503. The molecule has 2 atom stereocenters. The molecule has 36 heavy (non-hydrogen) atoms. The molecule has 0 radical (unpaired) electrons. The van der Waals surface area contributed by atoms with E-state index >= 15 is 4.39 Å². The maximum atomic E-state index is 15.7. The number of hydrogen-bond donors (Lipinski definition) is 1. The Morgan fingerprint density at radius 2 is 2.11 bits per heavy atom. The minimum Gasteiger partial charge on any atom is -0.487 e. The smallest absolute Gasteiger partial charge is 0.410 e. The Morgan fingerprint density at radius 1 is 1.36 bits per heavy atom. The van der Waals surface area contributed by atoms with Crippen LogP contribution in [0.15, 0.2) is 49.1 Å². The lowest BCUT2D eigenvalue weighted by Crippen LogP contribution is -2.35. The Balaban J connectivity index is 1.85. The minimum atomic E-state index is -1.96. The first-order valence-corrected chi connectivity index (χ1v) is 12.5. The fourth-order valence-electron chi connectivity index (χ4n) is 3.57. The summed E-state index contributed by atoms with van der Waals surface area (Å²) >= 11 is -1.96. The van der Waals surface area contributed by atoms with Gasteiger partial charge in [-0.3, -0.25) is 13.8 Å². The van der Waals surface area contributed by atoms with Gasteiger partial charge in [0, 0.05) is 19.0 Å². The molecule has 0 bridgehead atoms. The van der Waals surface area contributed by atoms with E-state index in [0.717, 1.165) is 4.31 Å². The van der Waals surface area contributed by atoms with Crippen LogP contribution in [0.3, 0.4) is 0 Å². The predicted octanol–water partition coefficient (Wildman–Crippen LogP) is 3.63. The first-order chi connectivity index (χ1) is 17.0. The number of nitrogens with one attached hydrogen (secondary N) is 1. The van der Waals surface area contributed by atoms with Crippen LogP contribution < -0.4 is 13.8 Å². The molecule has 2 saturated heterocycles. The van der Waals surface area contributed by atoms with Gasteiger partial charge in [0.15, 0.2) is 5.82 Å². The van der Waals surface area contributed by atoms with Gasteiger partial charge in [0.05, 0.1) is 5.56 Å². The number of benzene rings is 1. The van der Waals surface area contributed by atoms with E-state index in [1.165, 1.54) is 12.1 Å². The van der Waals surface area contributed by atoms with Gasteiger partial charge in [0.25, 0.3) is 5.91 Å². The highest BCUT2D eigenvalue weighted by Gasteiger charge is 2.33. The van der Waals surface area contributed by atoms with Crippen molar-refractivity contribution in [3.8, 4) is 17.6 Å². The number of hydrogen-bond acceptors (Lipinski definition) is 5. The molecule has 2 fully saturated rings. The van der Waals surface area contributed by atoms with E-state index in [9.17, 15) is 13.8 Å². The Hall–Kier alpha value is -3.58. The van der Waals surface area contributed by atoms with Gasteiger partial charge in [-0.1, -0.05) is 43.2 Å². The molecule has 2 heterocycles. The summed E-state index contributed by atoms with van der Waals surface area (Å²) in [4.78, 5) is 25.7. The van der Waals surface area contributed by atoms with Gasteiger partial charge < -0.3 is 14.4 Å². The van der Waals surface area contributed by atoms with Crippen LogP contribution in [0.5, 0.6) is 5.75 Å². The van der Waals surface area contributed by atoms with Crippen LogP contribution in [0.1, 0.15) is 32.8 Å². The summed E-state index contributed by atoms with van der Waals surface area (Å²) in [5.74, 6) is 4.58. The van der Waals surface area contributed by atoms with Crippen molar-refractivity contribution in [2.24, 2.45) is 5.92 Å². The van der Waals surface area contributed by atoms with E-state index in [1.54, 1.807) is 43.9 Å². The molecular weight excluding hydrogens is 485 g/mol. The lowest BCUT2D eigenvalue weighted by Gasteiger charge is -2.24. The standard InChI is InChI=1S/C26H30FN3O5S/c1-6-8-18(7-2)17-34-21-12-11-20(23(27)24(21)30-16-22(31)28-36(30)33)10-9-19-13-14-29(15-19)25(32)35-26(3,4)5/h6-8,11-12,19H,1-2,13-17H2,3-5H3,(H,28,31)/b18-8+. The monoisotopic (exact) mass is 515 g/mol. The van der Waals surface area contributed by atoms with Crippen LogP contribution >= 0.6 is 0 Å². The van der Waals surface area contributed by atoms with Crippen LogP contribution in [0.4, 0.5) is 14.9 Å². The molecule has 0 saturated carbocycles. The maximum Gasteiger partial charge on any atom is 0.410 e. The molecule has 1 aromatic carbocycles. The average Bonchev–Trinajstić information content (AvgIpc) is 3.40. The van der Waals surface area contributed by atoms with Crippen molar-refractivity contribution in [1.29, 1.82) is 0 Å². The SMILES string of the molecule is C=C/C=C(\C=C)COc1ccc(C#CC2CCN(C(=O)OC(C)(C)C)C2)c(F)c1N1CC(=O)NS1=O. The second kappa shape index (κ2) is 11.4. The zero-order valence-corrected chi connectivity index (χ0v) is 21.5. The van der Waals surface area contributed by atoms with Gasteiger partial charge in [0.2, 0.25) is 11.2 Å². The second-order valence-corrected chi connectivity index (χ2v) is 10.4. The van der Waals surface area contributed by atoms with E-state index in [4.69, 9.17) is 9.47 Å². The summed E-state index contributed by atoms with van der Waals surface area (Å²) in [7, 11) is 0. The fraction of sp³-hybridized carbons (Fsp3) is 0.385. The minimum absolute atomic E-state index is 0.0648. The zero-order chi connectivity index (χ0) is 26.5. The van der Waals surface area contributed by atoms with Gasteiger partial charge in [-0.05, 0) is 44.9 Å². The van der Waals surface area contributed by atoms with E-state index in [1.807, 2.05) is 0 Å². The highest BCUT2D eigenvalue weighted by atomic mass is 32.2. The summed E-state index contributed by atoms with van der Waals surface area (Å²) < 4.78 is 42.6. The number of ether oxygens (including phenoxy) is 2. The summed E-state index contributed by atoms with van der Waals surface area (Å²) in [5, 5.41) is 0. The predicted molar refractivity (Wildman–Crippen MR) is 137 cm³/mol. The second-order valence-electron chi connectivity index (χ2n) is 9.24. The third-order valence-electron chi connectivity index (χ3n) is 5.26. The number of likely N-dealkylation sites (tertiary alicyclic amines) is 1. The Bertz CT molecular complexity index is 1180. The van der Waals surface area contributed by atoms with E-state index in [2.05, 4.69) is 29.7 Å². The van der Waals surface area contributed by atoms with Crippen molar-refractivity contribution in [2.45, 2.75) is 32.8 Å². The summed E-state index contributed by atoms with van der Waals surface area (Å²) in [6, 6.07) is 3.00. The fourth-order valence-corrected chi connectivity index (χ4v) is 4.51. The highest BCUT2D eigenvalue weighted by Crippen LogP contribution is 2.35. The van der Waals surface area contributed by atoms with Crippen molar-refractivity contribution >= 4 is 28.9 Å². The molecule has 2 unspecified atom stereocenters. The zero-order valence-electron chi connectivity index (χ0n) is 20.6. The molecule has 2 aliphatic rings. The third kappa shape index (κ3) is 6.76. The lowest BCUT2D eigenvalue weighted by atomic mass is 10.1. The Morgan fingerprint density at radius 3 is 2.72 bits per heavy atom. The highest BCUT2D eigenvalue weighted by molar-refractivity contribution is 7.85. The average molecular weight is 516 g/mol. The molecule has 0 aliphatic carbocycles. The quantitative estimate of drug-likeness (QED) is 0.462. The van der Waals surface area contributed by atoms with E-state index < -0.39 is 34.6 Å². The summed E-state index contributed by atoms with van der Waals surface area (Å²) in [6.45, 7) is 13.4. The van der Waals surface area contributed by atoms with Gasteiger partial charge in [-0.25, -0.2) is 13.4 Å². The number of anilines is 1. The molecule has 10 heteroatoms. The molecule has 192 valence electrons. The molecule has 3 rings (SSSR count). The van der Waals surface area contributed by atoms with E-state index in [0.29, 0.717) is 25.1 Å². The number of amides is 2. The normalized spacial score (nSPS) is 19.9. The maximum absolute atomic E-state index is 15.7. The Labute approximate surface area is 213 Å². The number of rotatable bonds is 6. The topological polar surface area (TPSA) is 88.2 Å². The number of allylic oxidation sites excluding steroid dienone is 2. The molecule has 1 aromatic rings. The van der Waals surface area contributed by atoms with E-state index in [-0.39, 0.29) is 36.1 Å². The van der Waals surface area contributed by atoms with Crippen LogP contribution in [0.25, 0.3) is 0 Å². The molecule has 2 aliphatic heterocycles. The van der Waals surface area contributed by atoms with Crippen LogP contribution in [0.2, 0.25) is 0 Å².